The van der Waals surface area contributed by atoms with E-state index in [0.717, 1.165) is 29.8 Å². The van der Waals surface area contributed by atoms with E-state index < -0.39 is 0 Å². The van der Waals surface area contributed by atoms with Gasteiger partial charge in [0.2, 0.25) is 0 Å². The van der Waals surface area contributed by atoms with Crippen molar-refractivity contribution >= 4 is 11.2 Å². The molecule has 1 aliphatic rings. The van der Waals surface area contributed by atoms with Crippen LogP contribution < -0.4 is 5.73 Å². The number of aromatic nitrogens is 3. The quantitative estimate of drug-likeness (QED) is 0.758. The topological polar surface area (TPSA) is 56.7 Å². The predicted molar refractivity (Wildman–Crippen MR) is 58.2 cm³/mol. The van der Waals surface area contributed by atoms with Gasteiger partial charge in [-0.1, -0.05) is 0 Å². The summed E-state index contributed by atoms with van der Waals surface area (Å²) in [5.41, 5.74) is 7.92. The molecule has 0 saturated heterocycles. The van der Waals surface area contributed by atoms with E-state index in [2.05, 4.69) is 14.5 Å². The van der Waals surface area contributed by atoms with E-state index in [-0.39, 0.29) is 5.54 Å². The minimum absolute atomic E-state index is 0.213. The van der Waals surface area contributed by atoms with Crippen molar-refractivity contribution in [3.05, 3.63) is 24.2 Å². The van der Waals surface area contributed by atoms with Crippen LogP contribution in [-0.2, 0) is 12.6 Å². The first kappa shape index (κ1) is 8.85. The molecule has 15 heavy (non-hydrogen) atoms. The van der Waals surface area contributed by atoms with Gasteiger partial charge in [0, 0.05) is 13.2 Å². The van der Waals surface area contributed by atoms with Crippen molar-refractivity contribution in [2.75, 3.05) is 0 Å². The number of nitrogens with zero attached hydrogens (tertiary/aromatic N) is 3. The monoisotopic (exact) mass is 202 g/mol. The largest absolute Gasteiger partial charge is 0.328 e. The fourth-order valence-corrected chi connectivity index (χ4v) is 2.25. The summed E-state index contributed by atoms with van der Waals surface area (Å²) in [5, 5.41) is 0. The van der Waals surface area contributed by atoms with Crippen LogP contribution in [0.2, 0.25) is 0 Å². The average Bonchev–Trinajstić information content (AvgIpc) is 2.54. The molecule has 0 radical (unpaired) electrons. The summed E-state index contributed by atoms with van der Waals surface area (Å²) in [6.07, 6.45) is 5.03. The molecule has 2 aromatic heterocycles. The summed E-state index contributed by atoms with van der Waals surface area (Å²) < 4.78 is 2.07. The first-order chi connectivity index (χ1) is 7.21. The van der Waals surface area contributed by atoms with E-state index in [1.165, 1.54) is 6.42 Å². The van der Waals surface area contributed by atoms with Gasteiger partial charge in [0.25, 0.3) is 0 Å². The Morgan fingerprint density at radius 3 is 2.87 bits per heavy atom. The third-order valence-corrected chi connectivity index (χ3v) is 3.35. The van der Waals surface area contributed by atoms with E-state index in [4.69, 9.17) is 5.73 Å². The smallest absolute Gasteiger partial charge is 0.177 e. The molecule has 4 nitrogen and oxygen atoms in total. The summed E-state index contributed by atoms with van der Waals surface area (Å²) in [4.78, 5) is 8.78. The van der Waals surface area contributed by atoms with Crippen LogP contribution in [0.25, 0.3) is 11.2 Å². The minimum Gasteiger partial charge on any atom is -0.328 e. The number of aryl methyl sites for hydroxylation is 1. The number of fused-ring (bicyclic) bond motifs is 1. The summed E-state index contributed by atoms with van der Waals surface area (Å²) in [7, 11) is 2.01. The lowest BCUT2D eigenvalue weighted by molar-refractivity contribution is 0.234. The van der Waals surface area contributed by atoms with Gasteiger partial charge >= 0.3 is 0 Å². The van der Waals surface area contributed by atoms with Crippen LogP contribution in [0.3, 0.4) is 0 Å². The highest BCUT2D eigenvalue weighted by molar-refractivity contribution is 5.71. The third-order valence-electron chi connectivity index (χ3n) is 3.35. The molecule has 3 rings (SSSR count). The maximum atomic E-state index is 6.28. The van der Waals surface area contributed by atoms with Gasteiger partial charge < -0.3 is 10.3 Å². The molecule has 1 saturated carbocycles. The highest BCUT2D eigenvalue weighted by Gasteiger charge is 2.38. The molecule has 0 aliphatic heterocycles. The first-order valence-corrected chi connectivity index (χ1v) is 5.27. The van der Waals surface area contributed by atoms with Crippen molar-refractivity contribution in [2.45, 2.75) is 24.8 Å². The van der Waals surface area contributed by atoms with Crippen molar-refractivity contribution < 1.29 is 0 Å². The molecule has 2 aromatic rings. The van der Waals surface area contributed by atoms with Gasteiger partial charge in [0.05, 0.1) is 11.1 Å². The highest BCUT2D eigenvalue weighted by atomic mass is 15.1. The zero-order chi connectivity index (χ0) is 10.5. The molecule has 4 heteroatoms. The molecule has 2 heterocycles. The maximum Gasteiger partial charge on any atom is 0.177 e. The lowest BCUT2D eigenvalue weighted by Gasteiger charge is -2.37. The fourth-order valence-electron chi connectivity index (χ4n) is 2.25. The van der Waals surface area contributed by atoms with Gasteiger partial charge in [0.15, 0.2) is 5.65 Å². The Kier molecular flexibility index (Phi) is 1.65. The Balaban J connectivity index is 2.23. The standard InChI is InChI=1S/C11H14N4/c1-15-8-4-2-7-13-9(8)14-10(15)11(12)5-3-6-11/h2,4,7H,3,5-6,12H2,1H3. The van der Waals surface area contributed by atoms with Gasteiger partial charge in [-0.05, 0) is 31.4 Å². The van der Waals surface area contributed by atoms with Crippen LogP contribution >= 0.6 is 0 Å². The second kappa shape index (κ2) is 2.79. The molecule has 2 N–H and O–H groups in total. The van der Waals surface area contributed by atoms with Gasteiger partial charge in [-0.3, -0.25) is 0 Å². The zero-order valence-corrected chi connectivity index (χ0v) is 8.77. The van der Waals surface area contributed by atoms with E-state index in [1.54, 1.807) is 6.20 Å². The molecule has 0 spiro atoms. The van der Waals surface area contributed by atoms with Crippen LogP contribution in [-0.4, -0.2) is 14.5 Å². The molecule has 0 aromatic carbocycles. The molecular formula is C11H14N4. The number of imidazole rings is 1. The van der Waals surface area contributed by atoms with Crippen LogP contribution in [0.4, 0.5) is 0 Å². The predicted octanol–water partition coefficient (Wildman–Crippen LogP) is 1.31. The second-order valence-electron chi connectivity index (χ2n) is 4.35. The Bertz CT molecular complexity index is 510. The Morgan fingerprint density at radius 1 is 1.47 bits per heavy atom. The Labute approximate surface area is 88.1 Å². The molecule has 1 aliphatic carbocycles. The fraction of sp³-hybridized carbons (Fsp3) is 0.455. The first-order valence-electron chi connectivity index (χ1n) is 5.27. The summed E-state index contributed by atoms with van der Waals surface area (Å²) >= 11 is 0. The molecular weight excluding hydrogens is 188 g/mol. The van der Waals surface area contributed by atoms with Crippen LogP contribution in [0.1, 0.15) is 25.1 Å². The van der Waals surface area contributed by atoms with Crippen molar-refractivity contribution in [2.24, 2.45) is 12.8 Å². The van der Waals surface area contributed by atoms with Crippen molar-refractivity contribution in [1.29, 1.82) is 0 Å². The summed E-state index contributed by atoms with van der Waals surface area (Å²) in [6, 6.07) is 3.96. The van der Waals surface area contributed by atoms with Gasteiger partial charge in [-0.15, -0.1) is 0 Å². The number of pyridine rings is 1. The van der Waals surface area contributed by atoms with E-state index in [1.807, 2.05) is 19.2 Å². The van der Waals surface area contributed by atoms with E-state index in [0.29, 0.717) is 0 Å². The third kappa shape index (κ3) is 1.11. The normalized spacial score (nSPS) is 19.1. The van der Waals surface area contributed by atoms with Crippen LogP contribution in [0.5, 0.6) is 0 Å². The molecule has 0 unspecified atom stereocenters. The summed E-state index contributed by atoms with van der Waals surface area (Å²) in [6.45, 7) is 0. The molecule has 78 valence electrons. The number of hydrogen-bond donors (Lipinski definition) is 1. The minimum atomic E-state index is -0.213. The number of hydrogen-bond acceptors (Lipinski definition) is 3. The van der Waals surface area contributed by atoms with Crippen LogP contribution in [0.15, 0.2) is 18.3 Å². The molecule has 0 amide bonds. The lowest BCUT2D eigenvalue weighted by Crippen LogP contribution is -2.45. The lowest BCUT2D eigenvalue weighted by atomic mass is 9.77. The Hall–Kier alpha value is -1.42. The van der Waals surface area contributed by atoms with Gasteiger partial charge in [-0.25, -0.2) is 9.97 Å². The van der Waals surface area contributed by atoms with E-state index >= 15 is 0 Å². The van der Waals surface area contributed by atoms with E-state index in [9.17, 15) is 0 Å². The van der Waals surface area contributed by atoms with Crippen molar-refractivity contribution in [3.63, 3.8) is 0 Å². The molecule has 0 atom stereocenters. The van der Waals surface area contributed by atoms with Crippen molar-refractivity contribution in [3.8, 4) is 0 Å². The van der Waals surface area contributed by atoms with Gasteiger partial charge in [0.1, 0.15) is 5.82 Å². The Morgan fingerprint density at radius 2 is 2.27 bits per heavy atom. The van der Waals surface area contributed by atoms with Crippen LogP contribution in [0, 0.1) is 0 Å². The average molecular weight is 202 g/mol. The zero-order valence-electron chi connectivity index (χ0n) is 8.77. The number of nitrogens with two attached hydrogens (primary N) is 1. The SMILES string of the molecule is Cn1c(C2(N)CCC2)nc2ncccc21. The number of rotatable bonds is 1. The highest BCUT2D eigenvalue weighted by Crippen LogP contribution is 2.38. The maximum absolute atomic E-state index is 6.28. The summed E-state index contributed by atoms with van der Waals surface area (Å²) in [5.74, 6) is 0.974. The van der Waals surface area contributed by atoms with Gasteiger partial charge in [-0.2, -0.15) is 0 Å². The molecule has 1 fully saturated rings. The molecule has 0 bridgehead atoms. The second-order valence-corrected chi connectivity index (χ2v) is 4.35. The van der Waals surface area contributed by atoms with Crippen molar-refractivity contribution in [1.82, 2.24) is 14.5 Å².